The lowest BCUT2D eigenvalue weighted by Crippen LogP contribution is -2.01. The molecule has 0 saturated heterocycles. The minimum atomic E-state index is -0.590. The largest absolute Gasteiger partial charge is 0.494 e. The van der Waals surface area contributed by atoms with Crippen molar-refractivity contribution in [1.82, 2.24) is 0 Å². The first-order valence-corrected chi connectivity index (χ1v) is 7.59. The second-order valence-electron chi connectivity index (χ2n) is 5.59. The lowest BCUT2D eigenvalue weighted by Gasteiger charge is -2.14. The predicted octanol–water partition coefficient (Wildman–Crippen LogP) is 4.56. The van der Waals surface area contributed by atoms with Crippen molar-refractivity contribution in [1.29, 1.82) is 0 Å². The molecule has 0 radical (unpaired) electrons. The van der Waals surface area contributed by atoms with E-state index >= 15 is 0 Å². The summed E-state index contributed by atoms with van der Waals surface area (Å²) in [4.78, 5) is 0. The van der Waals surface area contributed by atoms with Crippen LogP contribution in [0, 0.1) is 13.8 Å². The Morgan fingerprint density at radius 3 is 2.14 bits per heavy atom. The Morgan fingerprint density at radius 2 is 1.57 bits per heavy atom. The average Bonchev–Trinajstić information content (AvgIpc) is 2.46. The van der Waals surface area contributed by atoms with Crippen molar-refractivity contribution in [2.75, 3.05) is 6.61 Å². The maximum absolute atomic E-state index is 10.5. The van der Waals surface area contributed by atoms with Crippen molar-refractivity contribution in [3.63, 3.8) is 0 Å². The first-order chi connectivity index (χ1) is 10.1. The highest BCUT2D eigenvalue weighted by atomic mass is 16.5. The molecule has 0 bridgehead atoms. The fourth-order valence-corrected chi connectivity index (χ4v) is 2.44. The molecular formula is C19H24O2. The molecule has 1 atom stereocenters. The van der Waals surface area contributed by atoms with Gasteiger partial charge in [-0.1, -0.05) is 54.8 Å². The van der Waals surface area contributed by atoms with Gasteiger partial charge in [-0.15, -0.1) is 0 Å². The number of ether oxygens (including phenoxy) is 1. The number of aryl methyl sites for hydroxylation is 2. The van der Waals surface area contributed by atoms with Gasteiger partial charge in [-0.25, -0.2) is 0 Å². The molecule has 1 unspecified atom stereocenters. The zero-order chi connectivity index (χ0) is 15.2. The SMILES string of the molecule is CCCCOc1ccc(C(O)c2cc(C)cc(C)c2)cc1. The minimum Gasteiger partial charge on any atom is -0.494 e. The number of unbranched alkanes of at least 4 members (excludes halogenated alkanes) is 1. The summed E-state index contributed by atoms with van der Waals surface area (Å²) in [6, 6.07) is 13.9. The van der Waals surface area contributed by atoms with Gasteiger partial charge in [-0.05, 0) is 43.5 Å². The van der Waals surface area contributed by atoms with Crippen LogP contribution in [0.3, 0.4) is 0 Å². The third kappa shape index (κ3) is 4.33. The van der Waals surface area contributed by atoms with Crippen molar-refractivity contribution in [2.45, 2.75) is 39.7 Å². The molecule has 0 aliphatic carbocycles. The van der Waals surface area contributed by atoms with Gasteiger partial charge in [0.15, 0.2) is 0 Å². The van der Waals surface area contributed by atoms with Crippen molar-refractivity contribution in [3.8, 4) is 5.75 Å². The van der Waals surface area contributed by atoms with Crippen LogP contribution in [0.25, 0.3) is 0 Å². The maximum Gasteiger partial charge on any atom is 0.119 e. The highest BCUT2D eigenvalue weighted by Gasteiger charge is 2.11. The molecule has 2 heteroatoms. The number of rotatable bonds is 6. The summed E-state index contributed by atoms with van der Waals surface area (Å²) in [5.74, 6) is 0.861. The van der Waals surface area contributed by atoms with Gasteiger partial charge in [0.05, 0.1) is 6.61 Å². The number of aliphatic hydroxyl groups is 1. The molecule has 2 rings (SSSR count). The van der Waals surface area contributed by atoms with Crippen LogP contribution in [0.15, 0.2) is 42.5 Å². The van der Waals surface area contributed by atoms with Crippen molar-refractivity contribution in [2.24, 2.45) is 0 Å². The third-order valence-corrected chi connectivity index (χ3v) is 3.52. The molecule has 1 N–H and O–H groups in total. The molecule has 0 aliphatic rings. The molecule has 0 aromatic heterocycles. The topological polar surface area (TPSA) is 29.5 Å². The van der Waals surface area contributed by atoms with E-state index in [1.807, 2.05) is 50.2 Å². The monoisotopic (exact) mass is 284 g/mol. The maximum atomic E-state index is 10.5. The van der Waals surface area contributed by atoms with Gasteiger partial charge in [-0.3, -0.25) is 0 Å². The van der Waals surface area contributed by atoms with E-state index in [-0.39, 0.29) is 0 Å². The van der Waals surface area contributed by atoms with E-state index in [1.165, 1.54) is 11.1 Å². The summed E-state index contributed by atoms with van der Waals surface area (Å²) in [6.07, 6.45) is 1.60. The Morgan fingerprint density at radius 1 is 0.952 bits per heavy atom. The fraction of sp³-hybridized carbons (Fsp3) is 0.368. The van der Waals surface area contributed by atoms with Crippen LogP contribution in [0.4, 0.5) is 0 Å². The van der Waals surface area contributed by atoms with Crippen molar-refractivity contribution in [3.05, 3.63) is 64.7 Å². The first-order valence-electron chi connectivity index (χ1n) is 7.59. The summed E-state index contributed by atoms with van der Waals surface area (Å²) in [7, 11) is 0. The molecule has 0 aliphatic heterocycles. The van der Waals surface area contributed by atoms with E-state index in [4.69, 9.17) is 4.74 Å². The second-order valence-corrected chi connectivity index (χ2v) is 5.59. The summed E-state index contributed by atoms with van der Waals surface area (Å²) in [5.41, 5.74) is 4.17. The quantitative estimate of drug-likeness (QED) is 0.788. The molecule has 2 aromatic carbocycles. The van der Waals surface area contributed by atoms with Gasteiger partial charge in [0.25, 0.3) is 0 Å². The lowest BCUT2D eigenvalue weighted by molar-refractivity contribution is 0.220. The smallest absolute Gasteiger partial charge is 0.119 e. The third-order valence-electron chi connectivity index (χ3n) is 3.52. The minimum absolute atomic E-state index is 0.590. The Hall–Kier alpha value is -1.80. The van der Waals surface area contributed by atoms with Gasteiger partial charge < -0.3 is 9.84 Å². The van der Waals surface area contributed by atoms with Crippen LogP contribution >= 0.6 is 0 Å². The Labute approximate surface area is 127 Å². The van der Waals surface area contributed by atoms with Gasteiger partial charge in [0.1, 0.15) is 11.9 Å². The van der Waals surface area contributed by atoms with E-state index in [2.05, 4.69) is 13.0 Å². The summed E-state index contributed by atoms with van der Waals surface area (Å²) >= 11 is 0. The summed E-state index contributed by atoms with van der Waals surface area (Å²) < 4.78 is 5.64. The number of aliphatic hydroxyl groups excluding tert-OH is 1. The number of benzene rings is 2. The van der Waals surface area contributed by atoms with Crippen LogP contribution in [-0.4, -0.2) is 11.7 Å². The molecule has 21 heavy (non-hydrogen) atoms. The molecular weight excluding hydrogens is 260 g/mol. The Kier molecular flexibility index (Phi) is 5.40. The normalized spacial score (nSPS) is 12.2. The highest BCUT2D eigenvalue weighted by molar-refractivity contribution is 5.37. The Bertz CT molecular complexity index is 552. The fourth-order valence-electron chi connectivity index (χ4n) is 2.44. The van der Waals surface area contributed by atoms with Crippen LogP contribution in [0.5, 0.6) is 5.75 Å². The van der Waals surface area contributed by atoms with Crippen LogP contribution in [-0.2, 0) is 0 Å². The summed E-state index contributed by atoms with van der Waals surface area (Å²) in [6.45, 7) is 6.99. The number of hydrogen-bond donors (Lipinski definition) is 1. The second kappa shape index (κ2) is 7.28. The van der Waals surface area contributed by atoms with Crippen molar-refractivity contribution < 1.29 is 9.84 Å². The zero-order valence-corrected chi connectivity index (χ0v) is 13.1. The van der Waals surface area contributed by atoms with E-state index in [1.54, 1.807) is 0 Å². The summed E-state index contributed by atoms with van der Waals surface area (Å²) in [5, 5.41) is 10.5. The molecule has 0 fully saturated rings. The average molecular weight is 284 g/mol. The standard InChI is InChI=1S/C19H24O2/c1-4-5-10-21-18-8-6-16(7-9-18)19(20)17-12-14(2)11-15(3)13-17/h6-9,11-13,19-20H,4-5,10H2,1-3H3. The molecule has 0 spiro atoms. The Balaban J connectivity index is 2.10. The van der Waals surface area contributed by atoms with E-state index in [0.717, 1.165) is 36.3 Å². The van der Waals surface area contributed by atoms with Crippen LogP contribution in [0.2, 0.25) is 0 Å². The molecule has 2 aromatic rings. The van der Waals surface area contributed by atoms with Crippen molar-refractivity contribution >= 4 is 0 Å². The van der Waals surface area contributed by atoms with E-state index in [0.29, 0.717) is 0 Å². The molecule has 0 saturated carbocycles. The predicted molar refractivity (Wildman–Crippen MR) is 86.8 cm³/mol. The highest BCUT2D eigenvalue weighted by Crippen LogP contribution is 2.25. The number of hydrogen-bond acceptors (Lipinski definition) is 2. The van der Waals surface area contributed by atoms with Crippen LogP contribution in [0.1, 0.15) is 48.1 Å². The van der Waals surface area contributed by atoms with Crippen LogP contribution < -0.4 is 4.74 Å². The first kappa shape index (κ1) is 15.6. The lowest BCUT2D eigenvalue weighted by atomic mass is 9.98. The van der Waals surface area contributed by atoms with Gasteiger partial charge >= 0.3 is 0 Å². The molecule has 112 valence electrons. The van der Waals surface area contributed by atoms with Gasteiger partial charge in [0.2, 0.25) is 0 Å². The van der Waals surface area contributed by atoms with Gasteiger partial charge in [0, 0.05) is 0 Å². The molecule has 2 nitrogen and oxygen atoms in total. The van der Waals surface area contributed by atoms with E-state index in [9.17, 15) is 5.11 Å². The molecule has 0 heterocycles. The van der Waals surface area contributed by atoms with E-state index < -0.39 is 6.10 Å². The van der Waals surface area contributed by atoms with Gasteiger partial charge in [-0.2, -0.15) is 0 Å². The molecule has 0 amide bonds. The zero-order valence-electron chi connectivity index (χ0n) is 13.1.